The Balaban J connectivity index is 1.62. The number of methoxy groups -OCH3 is 1. The maximum absolute atomic E-state index is 12.4. The fourth-order valence-electron chi connectivity index (χ4n) is 3.96. The monoisotopic (exact) mass is 375 g/mol. The molecule has 2 heterocycles. The van der Waals surface area contributed by atoms with Gasteiger partial charge in [-0.3, -0.25) is 4.90 Å². The molecule has 0 aromatic heterocycles. The lowest BCUT2D eigenvalue weighted by atomic mass is 10.0. The lowest BCUT2D eigenvalue weighted by Crippen LogP contribution is -2.47. The molecule has 1 aromatic carbocycles. The predicted octanol–water partition coefficient (Wildman–Crippen LogP) is 3.09. The van der Waals surface area contributed by atoms with Crippen molar-refractivity contribution in [2.24, 2.45) is 0 Å². The maximum atomic E-state index is 12.4. The van der Waals surface area contributed by atoms with E-state index in [4.69, 9.17) is 9.47 Å². The predicted molar refractivity (Wildman–Crippen MR) is 106 cm³/mol. The molecule has 150 valence electrons. The van der Waals surface area contributed by atoms with Crippen LogP contribution in [0.3, 0.4) is 0 Å². The van der Waals surface area contributed by atoms with Crippen molar-refractivity contribution >= 4 is 6.03 Å². The number of hydrogen-bond donors (Lipinski definition) is 2. The number of benzene rings is 1. The summed E-state index contributed by atoms with van der Waals surface area (Å²) in [7, 11) is 1.68. The molecule has 1 atom stereocenters. The van der Waals surface area contributed by atoms with Crippen LogP contribution in [0.5, 0.6) is 5.75 Å². The van der Waals surface area contributed by atoms with Crippen LogP contribution in [0, 0.1) is 0 Å². The third kappa shape index (κ3) is 6.11. The minimum absolute atomic E-state index is 0.0739. The summed E-state index contributed by atoms with van der Waals surface area (Å²) in [6, 6.07) is 8.57. The Kier molecular flexibility index (Phi) is 7.78. The molecule has 3 rings (SSSR count). The van der Waals surface area contributed by atoms with Gasteiger partial charge in [-0.15, -0.1) is 0 Å². The number of rotatable bonds is 6. The minimum Gasteiger partial charge on any atom is -0.497 e. The van der Waals surface area contributed by atoms with Gasteiger partial charge in [0.1, 0.15) is 5.75 Å². The maximum Gasteiger partial charge on any atom is 0.315 e. The highest BCUT2D eigenvalue weighted by atomic mass is 16.5. The number of nitrogens with zero attached hydrogens (tertiary/aromatic N) is 1. The van der Waals surface area contributed by atoms with Gasteiger partial charge in [0.15, 0.2) is 0 Å². The SMILES string of the molecule is COc1ccc(C(CNC(=O)NC2CCOCC2)N2CCCCCC2)cc1. The van der Waals surface area contributed by atoms with Crippen LogP contribution >= 0.6 is 0 Å². The summed E-state index contributed by atoms with van der Waals surface area (Å²) in [6.45, 7) is 4.24. The summed E-state index contributed by atoms with van der Waals surface area (Å²) >= 11 is 0. The smallest absolute Gasteiger partial charge is 0.315 e. The first-order valence-electron chi connectivity index (χ1n) is 10.3. The van der Waals surface area contributed by atoms with E-state index in [0.29, 0.717) is 6.54 Å². The average molecular weight is 376 g/mol. The average Bonchev–Trinajstić information content (AvgIpc) is 2.99. The Hall–Kier alpha value is -1.79. The summed E-state index contributed by atoms with van der Waals surface area (Å²) in [5.41, 5.74) is 1.23. The molecular weight excluding hydrogens is 342 g/mol. The molecule has 0 saturated carbocycles. The second-order valence-corrected chi connectivity index (χ2v) is 7.48. The molecule has 0 bridgehead atoms. The molecular formula is C21H33N3O3. The zero-order valence-corrected chi connectivity index (χ0v) is 16.4. The molecule has 0 spiro atoms. The molecule has 2 saturated heterocycles. The highest BCUT2D eigenvalue weighted by molar-refractivity contribution is 5.74. The molecule has 6 heteroatoms. The molecule has 1 unspecified atom stereocenters. The molecule has 2 aliphatic heterocycles. The summed E-state index contributed by atoms with van der Waals surface area (Å²) in [6.07, 6.45) is 6.82. The fraction of sp³-hybridized carbons (Fsp3) is 0.667. The van der Waals surface area contributed by atoms with Gasteiger partial charge in [0.25, 0.3) is 0 Å². The van der Waals surface area contributed by atoms with Crippen molar-refractivity contribution in [2.45, 2.75) is 50.6 Å². The Morgan fingerprint density at radius 1 is 1.15 bits per heavy atom. The zero-order chi connectivity index (χ0) is 18.9. The summed E-state index contributed by atoms with van der Waals surface area (Å²) in [4.78, 5) is 14.9. The number of carbonyl (C=O) groups excluding carboxylic acids is 1. The molecule has 0 aliphatic carbocycles. The van der Waals surface area contributed by atoms with Gasteiger partial charge >= 0.3 is 6.03 Å². The zero-order valence-electron chi connectivity index (χ0n) is 16.4. The van der Waals surface area contributed by atoms with E-state index < -0.39 is 0 Å². The van der Waals surface area contributed by atoms with Crippen molar-refractivity contribution in [3.63, 3.8) is 0 Å². The van der Waals surface area contributed by atoms with E-state index in [1.807, 2.05) is 12.1 Å². The van der Waals surface area contributed by atoms with Gasteiger partial charge in [-0.1, -0.05) is 25.0 Å². The van der Waals surface area contributed by atoms with Crippen LogP contribution < -0.4 is 15.4 Å². The van der Waals surface area contributed by atoms with Crippen molar-refractivity contribution in [3.05, 3.63) is 29.8 Å². The second-order valence-electron chi connectivity index (χ2n) is 7.48. The van der Waals surface area contributed by atoms with Gasteiger partial charge < -0.3 is 20.1 Å². The van der Waals surface area contributed by atoms with E-state index in [1.54, 1.807) is 7.11 Å². The van der Waals surface area contributed by atoms with Crippen LogP contribution in [0.15, 0.2) is 24.3 Å². The van der Waals surface area contributed by atoms with Crippen LogP contribution in [0.4, 0.5) is 4.79 Å². The molecule has 2 N–H and O–H groups in total. The molecule has 27 heavy (non-hydrogen) atoms. The van der Waals surface area contributed by atoms with Gasteiger partial charge in [0, 0.05) is 25.8 Å². The fourth-order valence-corrected chi connectivity index (χ4v) is 3.96. The van der Waals surface area contributed by atoms with E-state index >= 15 is 0 Å². The number of amides is 2. The number of likely N-dealkylation sites (tertiary alicyclic amines) is 1. The van der Waals surface area contributed by atoms with Crippen molar-refractivity contribution in [1.82, 2.24) is 15.5 Å². The van der Waals surface area contributed by atoms with E-state index in [-0.39, 0.29) is 18.1 Å². The van der Waals surface area contributed by atoms with Gasteiger partial charge in [0.2, 0.25) is 0 Å². The number of ether oxygens (including phenoxy) is 2. The van der Waals surface area contributed by atoms with Gasteiger partial charge in [-0.2, -0.15) is 0 Å². The largest absolute Gasteiger partial charge is 0.497 e. The number of carbonyl (C=O) groups is 1. The van der Waals surface area contributed by atoms with E-state index in [2.05, 4.69) is 27.7 Å². The molecule has 2 aliphatic rings. The summed E-state index contributed by atoms with van der Waals surface area (Å²) in [5.74, 6) is 0.860. The van der Waals surface area contributed by atoms with Gasteiger partial charge in [-0.25, -0.2) is 4.79 Å². The topological polar surface area (TPSA) is 62.8 Å². The van der Waals surface area contributed by atoms with Gasteiger partial charge in [-0.05, 0) is 56.5 Å². The lowest BCUT2D eigenvalue weighted by molar-refractivity contribution is 0.0799. The Bertz CT molecular complexity index is 565. The number of hydrogen-bond acceptors (Lipinski definition) is 4. The van der Waals surface area contributed by atoms with Crippen molar-refractivity contribution in [2.75, 3.05) is 40.0 Å². The van der Waals surface area contributed by atoms with E-state index in [0.717, 1.165) is 44.9 Å². The normalized spacial score (nSPS) is 20.5. The highest BCUT2D eigenvalue weighted by Crippen LogP contribution is 2.25. The second kappa shape index (κ2) is 10.5. The third-order valence-corrected chi connectivity index (χ3v) is 5.59. The first-order chi connectivity index (χ1) is 13.3. The molecule has 2 fully saturated rings. The Labute approximate surface area is 162 Å². The van der Waals surface area contributed by atoms with Crippen LogP contribution in [-0.2, 0) is 4.74 Å². The number of nitrogens with one attached hydrogen (secondary N) is 2. The lowest BCUT2D eigenvalue weighted by Gasteiger charge is -2.32. The summed E-state index contributed by atoms with van der Waals surface area (Å²) in [5, 5.41) is 6.20. The van der Waals surface area contributed by atoms with Crippen LogP contribution in [0.1, 0.15) is 50.1 Å². The quantitative estimate of drug-likeness (QED) is 0.802. The Morgan fingerprint density at radius 3 is 2.44 bits per heavy atom. The van der Waals surface area contributed by atoms with E-state index in [9.17, 15) is 4.79 Å². The standard InChI is InChI=1S/C21H33N3O3/c1-26-19-8-6-17(7-9-19)20(24-12-4-2-3-5-13-24)16-22-21(25)23-18-10-14-27-15-11-18/h6-9,18,20H,2-5,10-16H2,1H3,(H2,22,23,25). The molecule has 2 amide bonds. The van der Waals surface area contributed by atoms with Crippen LogP contribution in [-0.4, -0.2) is 56.9 Å². The first-order valence-corrected chi connectivity index (χ1v) is 10.3. The van der Waals surface area contributed by atoms with Crippen molar-refractivity contribution in [3.8, 4) is 5.75 Å². The Morgan fingerprint density at radius 2 is 1.81 bits per heavy atom. The molecule has 1 aromatic rings. The van der Waals surface area contributed by atoms with Crippen molar-refractivity contribution in [1.29, 1.82) is 0 Å². The van der Waals surface area contributed by atoms with E-state index in [1.165, 1.54) is 31.2 Å². The number of urea groups is 1. The first kappa shape index (κ1) is 20.0. The minimum atomic E-state index is -0.0739. The molecule has 6 nitrogen and oxygen atoms in total. The molecule has 0 radical (unpaired) electrons. The van der Waals surface area contributed by atoms with Crippen LogP contribution in [0.25, 0.3) is 0 Å². The summed E-state index contributed by atoms with van der Waals surface area (Å²) < 4.78 is 10.7. The van der Waals surface area contributed by atoms with Crippen molar-refractivity contribution < 1.29 is 14.3 Å². The highest BCUT2D eigenvalue weighted by Gasteiger charge is 2.23. The van der Waals surface area contributed by atoms with Gasteiger partial charge in [0.05, 0.1) is 13.2 Å². The third-order valence-electron chi connectivity index (χ3n) is 5.59. The van der Waals surface area contributed by atoms with Crippen LogP contribution in [0.2, 0.25) is 0 Å².